The van der Waals surface area contributed by atoms with Crippen molar-refractivity contribution in [3.8, 4) is 11.1 Å². The van der Waals surface area contributed by atoms with E-state index in [1.807, 2.05) is 6.07 Å². The Bertz CT molecular complexity index is 2540. The van der Waals surface area contributed by atoms with Gasteiger partial charge in [0.2, 0.25) is 0 Å². The molecule has 0 aliphatic heterocycles. The highest BCUT2D eigenvalue weighted by atomic mass is 16.3. The standard InChI is InChI=1S/C48H43NO/c1-45(2)28-48(37-18-11-10-17-36(37)45)29-46(3,4)40-26-30(23-25-38(40)48)49(31-22-24-33-32-14-8-12-21-42(32)50-43(33)27-31)41-20-13-19-39-44(41)34-15-7-9-16-35(34)47(39,5)6/h7-27H,28-29H2,1-6H3. The van der Waals surface area contributed by atoms with E-state index in [0.717, 1.165) is 40.5 Å². The van der Waals surface area contributed by atoms with Crippen molar-refractivity contribution < 1.29 is 4.42 Å². The van der Waals surface area contributed by atoms with Crippen molar-refractivity contribution in [2.75, 3.05) is 4.90 Å². The Labute approximate surface area is 295 Å². The first-order valence-electron chi connectivity index (χ1n) is 18.2. The van der Waals surface area contributed by atoms with Crippen molar-refractivity contribution in [1.82, 2.24) is 0 Å². The summed E-state index contributed by atoms with van der Waals surface area (Å²) in [5.41, 5.74) is 16.8. The number of hydrogen-bond acceptors (Lipinski definition) is 2. The molecule has 1 heterocycles. The van der Waals surface area contributed by atoms with Gasteiger partial charge in [-0.25, -0.2) is 0 Å². The minimum absolute atomic E-state index is 0.0143. The van der Waals surface area contributed by atoms with Crippen LogP contribution in [0.15, 0.2) is 132 Å². The van der Waals surface area contributed by atoms with Crippen LogP contribution in [-0.4, -0.2) is 0 Å². The molecule has 2 heteroatoms. The average Bonchev–Trinajstić information content (AvgIpc) is 3.74. The zero-order valence-corrected chi connectivity index (χ0v) is 29.9. The Morgan fingerprint density at radius 1 is 0.480 bits per heavy atom. The SMILES string of the molecule is CC1(C)CC2(CC(C)(C)c3cc(N(c4ccc5c(c4)oc4ccccc45)c4cccc5c4-c4ccccc4C5(C)C)ccc32)c2ccccc21. The molecule has 1 unspecified atom stereocenters. The minimum Gasteiger partial charge on any atom is -0.456 e. The van der Waals surface area contributed by atoms with Crippen molar-refractivity contribution in [2.45, 2.75) is 76.0 Å². The number of fused-ring (bicyclic) bond motifs is 10. The van der Waals surface area contributed by atoms with E-state index in [-0.39, 0.29) is 21.7 Å². The van der Waals surface area contributed by atoms with Crippen LogP contribution in [0.2, 0.25) is 0 Å². The Morgan fingerprint density at radius 2 is 1.08 bits per heavy atom. The van der Waals surface area contributed by atoms with Gasteiger partial charge in [-0.05, 0) is 99.0 Å². The molecule has 0 amide bonds. The fraction of sp³-hybridized carbons (Fsp3) is 0.250. The highest BCUT2D eigenvalue weighted by Crippen LogP contribution is 2.63. The van der Waals surface area contributed by atoms with E-state index in [1.54, 1.807) is 0 Å². The molecule has 1 spiro atoms. The molecule has 3 aliphatic carbocycles. The Hall–Kier alpha value is -5.08. The smallest absolute Gasteiger partial charge is 0.137 e. The van der Waals surface area contributed by atoms with Gasteiger partial charge in [0, 0.05) is 44.6 Å². The van der Waals surface area contributed by atoms with Gasteiger partial charge < -0.3 is 9.32 Å². The second kappa shape index (κ2) is 9.79. The monoisotopic (exact) mass is 649 g/mol. The van der Waals surface area contributed by atoms with Crippen molar-refractivity contribution in [1.29, 1.82) is 0 Å². The molecule has 10 rings (SSSR count). The van der Waals surface area contributed by atoms with Crippen LogP contribution in [0.3, 0.4) is 0 Å². The van der Waals surface area contributed by atoms with Gasteiger partial charge in [-0.2, -0.15) is 0 Å². The maximum Gasteiger partial charge on any atom is 0.137 e. The summed E-state index contributed by atoms with van der Waals surface area (Å²) in [5.74, 6) is 0. The van der Waals surface area contributed by atoms with E-state index in [4.69, 9.17) is 4.42 Å². The van der Waals surface area contributed by atoms with E-state index in [2.05, 4.69) is 168 Å². The lowest BCUT2D eigenvalue weighted by molar-refractivity contribution is 0.349. The maximum atomic E-state index is 6.49. The van der Waals surface area contributed by atoms with E-state index in [0.29, 0.717) is 0 Å². The molecule has 0 saturated heterocycles. The first-order chi connectivity index (χ1) is 24.0. The fourth-order valence-electron chi connectivity index (χ4n) is 10.6. The number of hydrogen-bond donors (Lipinski definition) is 0. The van der Waals surface area contributed by atoms with Crippen molar-refractivity contribution in [3.05, 3.63) is 161 Å². The molecule has 1 atom stereocenters. The Kier molecular flexibility index (Phi) is 5.83. The highest BCUT2D eigenvalue weighted by molar-refractivity contribution is 6.06. The van der Waals surface area contributed by atoms with E-state index in [9.17, 15) is 0 Å². The molecule has 7 aromatic rings. The first kappa shape index (κ1) is 29.8. The van der Waals surface area contributed by atoms with Gasteiger partial charge in [-0.3, -0.25) is 0 Å². The normalized spacial score (nSPS) is 20.2. The molecule has 246 valence electrons. The van der Waals surface area contributed by atoms with Crippen LogP contribution in [0.1, 0.15) is 87.8 Å². The molecule has 6 aromatic carbocycles. The lowest BCUT2D eigenvalue weighted by atomic mass is 9.72. The molecule has 0 N–H and O–H groups in total. The summed E-state index contributed by atoms with van der Waals surface area (Å²) in [4.78, 5) is 2.50. The Morgan fingerprint density at radius 3 is 1.90 bits per heavy atom. The summed E-state index contributed by atoms with van der Waals surface area (Å²) in [6.07, 6.45) is 2.26. The lowest BCUT2D eigenvalue weighted by Crippen LogP contribution is -2.26. The second-order valence-electron chi connectivity index (χ2n) is 17.0. The van der Waals surface area contributed by atoms with Crippen molar-refractivity contribution in [2.24, 2.45) is 0 Å². The molecule has 1 aromatic heterocycles. The number of benzene rings is 6. The summed E-state index contributed by atoms with van der Waals surface area (Å²) in [7, 11) is 0. The summed E-state index contributed by atoms with van der Waals surface area (Å²) < 4.78 is 6.49. The zero-order valence-electron chi connectivity index (χ0n) is 29.9. The van der Waals surface area contributed by atoms with Crippen LogP contribution in [-0.2, 0) is 21.7 Å². The van der Waals surface area contributed by atoms with Crippen LogP contribution < -0.4 is 4.90 Å². The summed E-state index contributed by atoms with van der Waals surface area (Å²) in [6, 6.07) is 47.6. The third-order valence-electron chi connectivity index (χ3n) is 12.6. The fourth-order valence-corrected chi connectivity index (χ4v) is 10.6. The number of furan rings is 1. The quantitative estimate of drug-likeness (QED) is 0.189. The molecule has 50 heavy (non-hydrogen) atoms. The zero-order chi connectivity index (χ0) is 34.2. The van der Waals surface area contributed by atoms with Gasteiger partial charge >= 0.3 is 0 Å². The van der Waals surface area contributed by atoms with Crippen LogP contribution in [0.5, 0.6) is 0 Å². The van der Waals surface area contributed by atoms with Crippen LogP contribution >= 0.6 is 0 Å². The van der Waals surface area contributed by atoms with Gasteiger partial charge in [0.25, 0.3) is 0 Å². The van der Waals surface area contributed by atoms with Crippen LogP contribution in [0, 0.1) is 0 Å². The molecule has 0 radical (unpaired) electrons. The molecule has 0 saturated carbocycles. The number of para-hydroxylation sites is 1. The minimum atomic E-state index is -0.0920. The molecule has 2 nitrogen and oxygen atoms in total. The van der Waals surface area contributed by atoms with Crippen molar-refractivity contribution in [3.63, 3.8) is 0 Å². The Balaban J connectivity index is 1.22. The predicted molar refractivity (Wildman–Crippen MR) is 208 cm³/mol. The van der Waals surface area contributed by atoms with Crippen molar-refractivity contribution >= 4 is 39.0 Å². The van der Waals surface area contributed by atoms with Gasteiger partial charge in [0.1, 0.15) is 11.2 Å². The average molecular weight is 650 g/mol. The molecule has 0 fully saturated rings. The summed E-state index contributed by atoms with van der Waals surface area (Å²) >= 11 is 0. The predicted octanol–water partition coefficient (Wildman–Crippen LogP) is 13.0. The third-order valence-corrected chi connectivity index (χ3v) is 12.6. The molecule has 0 bridgehead atoms. The lowest BCUT2D eigenvalue weighted by Gasteiger charge is -2.31. The molecular formula is C48H43NO. The number of nitrogens with zero attached hydrogens (tertiary/aromatic N) is 1. The van der Waals surface area contributed by atoms with Gasteiger partial charge in [-0.15, -0.1) is 0 Å². The maximum absolute atomic E-state index is 6.49. The van der Waals surface area contributed by atoms with Gasteiger partial charge in [0.05, 0.1) is 5.69 Å². The van der Waals surface area contributed by atoms with Crippen LogP contribution in [0.25, 0.3) is 33.1 Å². The largest absolute Gasteiger partial charge is 0.456 e. The first-order valence-corrected chi connectivity index (χ1v) is 18.2. The van der Waals surface area contributed by atoms with E-state index in [1.165, 1.54) is 55.9 Å². The summed E-state index contributed by atoms with van der Waals surface area (Å²) in [6.45, 7) is 14.5. The molecular weight excluding hydrogens is 607 g/mol. The number of rotatable bonds is 3. The van der Waals surface area contributed by atoms with Crippen LogP contribution in [0.4, 0.5) is 17.1 Å². The highest BCUT2D eigenvalue weighted by Gasteiger charge is 2.56. The summed E-state index contributed by atoms with van der Waals surface area (Å²) in [5, 5.41) is 2.30. The second-order valence-corrected chi connectivity index (χ2v) is 17.0. The topological polar surface area (TPSA) is 16.4 Å². The van der Waals surface area contributed by atoms with Gasteiger partial charge in [-0.1, -0.05) is 126 Å². The number of anilines is 3. The van der Waals surface area contributed by atoms with Gasteiger partial charge in [0.15, 0.2) is 0 Å². The van der Waals surface area contributed by atoms with E-state index < -0.39 is 0 Å². The third kappa shape index (κ3) is 3.85. The van der Waals surface area contributed by atoms with E-state index >= 15 is 0 Å². The molecule has 3 aliphatic rings.